The van der Waals surface area contributed by atoms with Crippen molar-refractivity contribution < 1.29 is 9.84 Å². The van der Waals surface area contributed by atoms with Gasteiger partial charge in [-0.05, 0) is 42.5 Å². The molecule has 1 heterocycles. The van der Waals surface area contributed by atoms with Crippen LogP contribution in [0.1, 0.15) is 25.7 Å². The van der Waals surface area contributed by atoms with Crippen LogP contribution in [0.2, 0.25) is 0 Å². The summed E-state index contributed by atoms with van der Waals surface area (Å²) in [5.41, 5.74) is 1.94. The topological polar surface area (TPSA) is 42.4 Å². The molecule has 0 atom stereocenters. The minimum absolute atomic E-state index is 0.268. The highest BCUT2D eigenvalue weighted by Gasteiger charge is 2.15. The lowest BCUT2D eigenvalue weighted by molar-refractivity contribution is 0.243. The highest BCUT2D eigenvalue weighted by molar-refractivity contribution is 5.64. The van der Waals surface area contributed by atoms with Gasteiger partial charge in [0.1, 0.15) is 5.75 Å². The normalized spacial score (nSPS) is 15.4. The highest BCUT2D eigenvalue weighted by atomic mass is 16.5. The Morgan fingerprint density at radius 3 is 2.65 bits per heavy atom. The fourth-order valence-electron chi connectivity index (χ4n) is 2.70. The first kappa shape index (κ1) is 13.0. The van der Waals surface area contributed by atoms with Crippen molar-refractivity contribution in [2.75, 3.05) is 6.61 Å². The SMILES string of the molecule is Oc1cccc(-c2ccc(OCC3CCCC3)nc2)c1. The summed E-state index contributed by atoms with van der Waals surface area (Å²) in [6, 6.07) is 11.1. The zero-order valence-corrected chi connectivity index (χ0v) is 11.5. The van der Waals surface area contributed by atoms with E-state index < -0.39 is 0 Å². The second kappa shape index (κ2) is 5.95. The van der Waals surface area contributed by atoms with Gasteiger partial charge in [0.2, 0.25) is 5.88 Å². The molecule has 0 spiro atoms. The number of phenols is 1. The number of aromatic hydroxyl groups is 1. The lowest BCUT2D eigenvalue weighted by atomic mass is 10.1. The first-order chi connectivity index (χ1) is 9.81. The van der Waals surface area contributed by atoms with Crippen LogP contribution in [0.25, 0.3) is 11.1 Å². The second-order valence-electron chi connectivity index (χ2n) is 5.40. The molecule has 0 bridgehead atoms. The predicted octanol–water partition coefficient (Wildman–Crippen LogP) is 4.02. The molecule has 0 amide bonds. The molecule has 2 aromatic rings. The number of aromatic nitrogens is 1. The van der Waals surface area contributed by atoms with E-state index in [0.29, 0.717) is 11.8 Å². The van der Waals surface area contributed by atoms with E-state index in [2.05, 4.69) is 4.98 Å². The van der Waals surface area contributed by atoms with Crippen LogP contribution in [0.5, 0.6) is 11.6 Å². The molecule has 0 radical (unpaired) electrons. The summed E-state index contributed by atoms with van der Waals surface area (Å²) in [5, 5.41) is 9.49. The molecular weight excluding hydrogens is 250 g/mol. The van der Waals surface area contributed by atoms with Crippen molar-refractivity contribution in [3.05, 3.63) is 42.6 Å². The zero-order valence-electron chi connectivity index (χ0n) is 11.5. The van der Waals surface area contributed by atoms with Gasteiger partial charge in [-0.2, -0.15) is 0 Å². The summed E-state index contributed by atoms with van der Waals surface area (Å²) in [7, 11) is 0. The molecule has 3 heteroatoms. The summed E-state index contributed by atoms with van der Waals surface area (Å²) >= 11 is 0. The van der Waals surface area contributed by atoms with Crippen molar-refractivity contribution >= 4 is 0 Å². The maximum atomic E-state index is 9.49. The van der Waals surface area contributed by atoms with E-state index in [9.17, 15) is 5.11 Å². The number of hydrogen-bond donors (Lipinski definition) is 1. The smallest absolute Gasteiger partial charge is 0.213 e. The van der Waals surface area contributed by atoms with Crippen LogP contribution in [0.4, 0.5) is 0 Å². The Balaban J connectivity index is 1.65. The molecule has 0 unspecified atom stereocenters. The fourth-order valence-corrected chi connectivity index (χ4v) is 2.70. The average molecular weight is 269 g/mol. The first-order valence-electron chi connectivity index (χ1n) is 7.19. The number of benzene rings is 1. The Hall–Kier alpha value is -2.03. The summed E-state index contributed by atoms with van der Waals surface area (Å²) < 4.78 is 5.74. The Kier molecular flexibility index (Phi) is 3.86. The molecule has 1 aromatic heterocycles. The highest BCUT2D eigenvalue weighted by Crippen LogP contribution is 2.26. The molecule has 20 heavy (non-hydrogen) atoms. The molecule has 0 aliphatic heterocycles. The van der Waals surface area contributed by atoms with Gasteiger partial charge in [0, 0.05) is 17.8 Å². The molecule has 3 nitrogen and oxygen atoms in total. The Morgan fingerprint density at radius 2 is 1.95 bits per heavy atom. The molecular formula is C17H19NO2. The van der Waals surface area contributed by atoms with E-state index >= 15 is 0 Å². The Labute approximate surface area is 119 Å². The molecule has 1 aliphatic carbocycles. The van der Waals surface area contributed by atoms with E-state index in [1.807, 2.05) is 24.3 Å². The van der Waals surface area contributed by atoms with Crippen LogP contribution in [0.3, 0.4) is 0 Å². The maximum Gasteiger partial charge on any atom is 0.213 e. The lowest BCUT2D eigenvalue weighted by Crippen LogP contribution is -2.08. The number of rotatable bonds is 4. The maximum absolute atomic E-state index is 9.49. The van der Waals surface area contributed by atoms with Crippen molar-refractivity contribution in [3.8, 4) is 22.8 Å². The quantitative estimate of drug-likeness (QED) is 0.911. The van der Waals surface area contributed by atoms with Gasteiger partial charge >= 0.3 is 0 Å². The number of phenolic OH excluding ortho intramolecular Hbond substituents is 1. The molecule has 104 valence electrons. The van der Waals surface area contributed by atoms with Gasteiger partial charge in [-0.1, -0.05) is 25.0 Å². The summed E-state index contributed by atoms with van der Waals surface area (Å²) in [6.07, 6.45) is 7.01. The monoisotopic (exact) mass is 269 g/mol. The Bertz CT molecular complexity index is 559. The molecule has 3 rings (SSSR count). The van der Waals surface area contributed by atoms with Crippen LogP contribution in [-0.2, 0) is 0 Å². The average Bonchev–Trinajstić information content (AvgIpc) is 2.99. The van der Waals surface area contributed by atoms with E-state index in [1.54, 1.807) is 18.3 Å². The third kappa shape index (κ3) is 3.10. The molecule has 1 saturated carbocycles. The lowest BCUT2D eigenvalue weighted by Gasteiger charge is -2.10. The van der Waals surface area contributed by atoms with Crippen LogP contribution in [-0.4, -0.2) is 16.7 Å². The minimum atomic E-state index is 0.268. The van der Waals surface area contributed by atoms with E-state index in [-0.39, 0.29) is 5.75 Å². The van der Waals surface area contributed by atoms with Gasteiger partial charge in [0.05, 0.1) is 6.61 Å². The summed E-state index contributed by atoms with van der Waals surface area (Å²) in [4.78, 5) is 4.34. The van der Waals surface area contributed by atoms with Crippen molar-refractivity contribution in [1.29, 1.82) is 0 Å². The van der Waals surface area contributed by atoms with Gasteiger partial charge in [-0.3, -0.25) is 0 Å². The van der Waals surface area contributed by atoms with Crippen LogP contribution in [0, 0.1) is 5.92 Å². The Morgan fingerprint density at radius 1 is 1.10 bits per heavy atom. The van der Waals surface area contributed by atoms with Crippen molar-refractivity contribution in [2.45, 2.75) is 25.7 Å². The van der Waals surface area contributed by atoms with Crippen LogP contribution < -0.4 is 4.74 Å². The van der Waals surface area contributed by atoms with Crippen molar-refractivity contribution in [3.63, 3.8) is 0 Å². The molecule has 1 fully saturated rings. The third-order valence-corrected chi connectivity index (χ3v) is 3.86. The van der Waals surface area contributed by atoms with E-state index in [1.165, 1.54) is 25.7 Å². The third-order valence-electron chi connectivity index (χ3n) is 3.86. The standard InChI is InChI=1S/C17H19NO2/c19-16-7-3-6-14(10-16)15-8-9-17(18-11-15)20-12-13-4-1-2-5-13/h3,6-11,13,19H,1-2,4-5,12H2. The molecule has 1 aromatic carbocycles. The van der Waals surface area contributed by atoms with Crippen LogP contribution >= 0.6 is 0 Å². The second-order valence-corrected chi connectivity index (χ2v) is 5.40. The van der Waals surface area contributed by atoms with Crippen LogP contribution in [0.15, 0.2) is 42.6 Å². The predicted molar refractivity (Wildman–Crippen MR) is 78.8 cm³/mol. The van der Waals surface area contributed by atoms with Gasteiger partial charge < -0.3 is 9.84 Å². The number of nitrogens with zero attached hydrogens (tertiary/aromatic N) is 1. The molecule has 1 N–H and O–H groups in total. The fraction of sp³-hybridized carbons (Fsp3) is 0.353. The number of hydrogen-bond acceptors (Lipinski definition) is 3. The van der Waals surface area contributed by atoms with Gasteiger partial charge in [-0.25, -0.2) is 4.98 Å². The van der Waals surface area contributed by atoms with Gasteiger partial charge in [-0.15, -0.1) is 0 Å². The largest absolute Gasteiger partial charge is 0.508 e. The zero-order chi connectivity index (χ0) is 13.8. The first-order valence-corrected chi connectivity index (χ1v) is 7.19. The summed E-state index contributed by atoms with van der Waals surface area (Å²) in [6.45, 7) is 0.776. The van der Waals surface area contributed by atoms with Crippen molar-refractivity contribution in [2.24, 2.45) is 5.92 Å². The molecule has 0 saturated heterocycles. The van der Waals surface area contributed by atoms with E-state index in [0.717, 1.165) is 17.7 Å². The van der Waals surface area contributed by atoms with Crippen molar-refractivity contribution in [1.82, 2.24) is 4.98 Å². The number of ether oxygens (including phenoxy) is 1. The minimum Gasteiger partial charge on any atom is -0.508 e. The van der Waals surface area contributed by atoms with Gasteiger partial charge in [0.15, 0.2) is 0 Å². The van der Waals surface area contributed by atoms with Gasteiger partial charge in [0.25, 0.3) is 0 Å². The summed E-state index contributed by atoms with van der Waals surface area (Å²) in [5.74, 6) is 1.65. The number of pyridine rings is 1. The van der Waals surface area contributed by atoms with E-state index in [4.69, 9.17) is 4.74 Å². The molecule has 1 aliphatic rings.